The lowest BCUT2D eigenvalue weighted by Gasteiger charge is -2.19. The van der Waals surface area contributed by atoms with Crippen LogP contribution in [0.25, 0.3) is 22.8 Å². The van der Waals surface area contributed by atoms with Gasteiger partial charge in [-0.1, -0.05) is 11.2 Å². The number of aliphatic hydroxyl groups is 1. The van der Waals surface area contributed by atoms with Crippen molar-refractivity contribution in [2.45, 2.75) is 24.3 Å². The van der Waals surface area contributed by atoms with Gasteiger partial charge in [-0.25, -0.2) is 15.0 Å². The number of likely N-dealkylation sites (N-methyl/N-ethyl adjacent to an activating group) is 1. The van der Waals surface area contributed by atoms with Crippen LogP contribution in [0.3, 0.4) is 0 Å². The van der Waals surface area contributed by atoms with Crippen LogP contribution in [0, 0.1) is 0 Å². The minimum absolute atomic E-state index is 0.0224. The summed E-state index contributed by atoms with van der Waals surface area (Å²) in [4.78, 5) is 26.3. The molecule has 34 heavy (non-hydrogen) atoms. The van der Waals surface area contributed by atoms with Crippen molar-refractivity contribution < 1.29 is 32.3 Å². The number of pyridine rings is 1. The van der Waals surface area contributed by atoms with Crippen molar-refractivity contribution in [3.05, 3.63) is 42.3 Å². The van der Waals surface area contributed by atoms with E-state index < -0.39 is 30.3 Å². The van der Waals surface area contributed by atoms with E-state index >= 15 is 0 Å². The fourth-order valence-corrected chi connectivity index (χ4v) is 3.50. The molecular weight excluding hydrogens is 457 g/mol. The first kappa shape index (κ1) is 23.6. The number of carbonyl (C=O) groups is 1. The van der Waals surface area contributed by atoms with E-state index in [4.69, 9.17) is 4.52 Å². The van der Waals surface area contributed by atoms with E-state index in [1.165, 1.54) is 17.2 Å². The summed E-state index contributed by atoms with van der Waals surface area (Å²) >= 11 is 0. The van der Waals surface area contributed by atoms with Crippen LogP contribution in [0.15, 0.2) is 41.1 Å². The number of ether oxygens (including phenoxy) is 1. The van der Waals surface area contributed by atoms with E-state index in [1.54, 1.807) is 31.3 Å². The molecule has 1 saturated heterocycles. The van der Waals surface area contributed by atoms with E-state index in [-0.39, 0.29) is 18.1 Å². The predicted octanol–water partition coefficient (Wildman–Crippen LogP) is 2.23. The van der Waals surface area contributed by atoms with Gasteiger partial charge in [0.05, 0.1) is 23.6 Å². The Morgan fingerprint density at radius 2 is 1.94 bits per heavy atom. The first-order valence-electron chi connectivity index (χ1n) is 10.2. The molecule has 1 amide bonds. The summed E-state index contributed by atoms with van der Waals surface area (Å²) in [6.07, 6.45) is -4.97. The lowest BCUT2D eigenvalue weighted by atomic mass is 9.98. The van der Waals surface area contributed by atoms with Gasteiger partial charge in [0.15, 0.2) is 11.9 Å². The number of carbonyl (C=O) groups excluding carboxylic acids is 1. The lowest BCUT2D eigenvalue weighted by molar-refractivity contribution is -0.207. The van der Waals surface area contributed by atoms with Crippen LogP contribution in [0.4, 0.5) is 19.1 Å². The number of methoxy groups -OCH3 is 1. The monoisotopic (exact) mass is 478 g/mol. The molecule has 3 aromatic heterocycles. The zero-order chi connectivity index (χ0) is 24.5. The molecule has 0 spiro atoms. The predicted molar refractivity (Wildman–Crippen MR) is 112 cm³/mol. The highest BCUT2D eigenvalue weighted by atomic mass is 19.4. The molecule has 0 aliphatic carbocycles. The topological polar surface area (TPSA) is 126 Å². The molecule has 10 nitrogen and oxygen atoms in total. The molecule has 0 bridgehead atoms. The number of hydrogen-bond acceptors (Lipinski definition) is 9. The highest BCUT2D eigenvalue weighted by Gasteiger charge is 2.48. The summed E-state index contributed by atoms with van der Waals surface area (Å²) < 4.78 is 48.3. The molecule has 0 aromatic carbocycles. The normalized spacial score (nSPS) is 19.5. The minimum Gasteiger partial charge on any atom is -0.373 e. The molecule has 180 valence electrons. The number of amides is 1. The Morgan fingerprint density at radius 3 is 2.59 bits per heavy atom. The summed E-state index contributed by atoms with van der Waals surface area (Å²) in [7, 11) is 2.56. The maximum Gasteiger partial charge on any atom is 0.416 e. The quantitative estimate of drug-likeness (QED) is 0.526. The number of anilines is 1. The van der Waals surface area contributed by atoms with Crippen molar-refractivity contribution in [1.29, 1.82) is 0 Å². The smallest absolute Gasteiger partial charge is 0.373 e. The van der Waals surface area contributed by atoms with Crippen molar-refractivity contribution in [2.75, 3.05) is 32.6 Å². The van der Waals surface area contributed by atoms with Gasteiger partial charge in [0.25, 0.3) is 5.91 Å². The van der Waals surface area contributed by atoms with Crippen LogP contribution in [0.1, 0.15) is 12.2 Å². The average molecular weight is 478 g/mol. The van der Waals surface area contributed by atoms with Crippen molar-refractivity contribution in [3.63, 3.8) is 0 Å². The Balaban J connectivity index is 1.54. The summed E-state index contributed by atoms with van der Waals surface area (Å²) in [5.74, 6) is -0.472. The SMILES string of the molecule is COC(CNc1nccc(-c2cccc(-c3cc([C@]4(O)CCN(C)C4=O)on3)n2)n1)C(F)(F)F. The molecule has 0 saturated carbocycles. The van der Waals surface area contributed by atoms with E-state index in [1.807, 2.05) is 0 Å². The highest BCUT2D eigenvalue weighted by molar-refractivity contribution is 5.87. The zero-order valence-electron chi connectivity index (χ0n) is 18.2. The maximum atomic E-state index is 12.9. The van der Waals surface area contributed by atoms with Gasteiger partial charge in [0.1, 0.15) is 5.69 Å². The summed E-state index contributed by atoms with van der Waals surface area (Å²) in [5.41, 5.74) is -0.327. The second-order valence-corrected chi connectivity index (χ2v) is 7.73. The van der Waals surface area contributed by atoms with E-state index in [2.05, 4.69) is 30.2 Å². The maximum absolute atomic E-state index is 12.9. The van der Waals surface area contributed by atoms with Gasteiger partial charge in [-0.05, 0) is 18.2 Å². The first-order valence-corrected chi connectivity index (χ1v) is 10.2. The van der Waals surface area contributed by atoms with Crippen LogP contribution in [-0.4, -0.2) is 75.5 Å². The molecule has 1 aliphatic heterocycles. The first-order chi connectivity index (χ1) is 16.1. The molecule has 0 radical (unpaired) electrons. The number of rotatable bonds is 7. The van der Waals surface area contributed by atoms with E-state index in [9.17, 15) is 23.1 Å². The third-order valence-corrected chi connectivity index (χ3v) is 5.45. The van der Waals surface area contributed by atoms with Gasteiger partial charge >= 0.3 is 6.18 Å². The Morgan fingerprint density at radius 1 is 1.24 bits per heavy atom. The summed E-state index contributed by atoms with van der Waals surface area (Å²) in [5, 5.41) is 17.2. The number of hydrogen-bond donors (Lipinski definition) is 2. The fourth-order valence-electron chi connectivity index (χ4n) is 3.50. The summed E-state index contributed by atoms with van der Waals surface area (Å²) in [6.45, 7) is -0.174. The Bertz CT molecular complexity index is 1190. The largest absolute Gasteiger partial charge is 0.416 e. The average Bonchev–Trinajstić information content (AvgIpc) is 3.41. The van der Waals surface area contributed by atoms with Crippen molar-refractivity contribution in [3.8, 4) is 22.8 Å². The Labute approximate surface area is 191 Å². The van der Waals surface area contributed by atoms with E-state index in [0.29, 0.717) is 29.3 Å². The molecule has 4 heterocycles. The number of halogens is 3. The van der Waals surface area contributed by atoms with Crippen LogP contribution in [0.2, 0.25) is 0 Å². The van der Waals surface area contributed by atoms with Gasteiger partial charge in [-0.15, -0.1) is 0 Å². The van der Waals surface area contributed by atoms with Gasteiger partial charge < -0.3 is 24.6 Å². The number of nitrogens with zero attached hydrogens (tertiary/aromatic N) is 5. The molecule has 1 fully saturated rings. The second-order valence-electron chi connectivity index (χ2n) is 7.73. The second kappa shape index (κ2) is 8.99. The third-order valence-electron chi connectivity index (χ3n) is 5.45. The number of likely N-dealkylation sites (tertiary alicyclic amines) is 1. The van der Waals surface area contributed by atoms with Gasteiger partial charge in [-0.3, -0.25) is 4.79 Å². The summed E-state index contributed by atoms with van der Waals surface area (Å²) in [6, 6.07) is 8.02. The molecule has 1 aliphatic rings. The van der Waals surface area contributed by atoms with Crippen LogP contribution in [-0.2, 0) is 15.1 Å². The molecule has 2 atom stereocenters. The number of alkyl halides is 3. The van der Waals surface area contributed by atoms with Gasteiger partial charge in [-0.2, -0.15) is 13.2 Å². The fraction of sp³-hybridized carbons (Fsp3) is 0.381. The number of nitrogens with one attached hydrogen (secondary N) is 1. The molecule has 13 heteroatoms. The van der Waals surface area contributed by atoms with Crippen LogP contribution < -0.4 is 5.32 Å². The molecule has 1 unspecified atom stereocenters. The molecule has 3 aromatic rings. The Kier molecular flexibility index (Phi) is 6.23. The van der Waals surface area contributed by atoms with Gasteiger partial charge in [0, 0.05) is 39.4 Å². The molecule has 4 rings (SSSR count). The lowest BCUT2D eigenvalue weighted by Crippen LogP contribution is -2.37. The highest BCUT2D eigenvalue weighted by Crippen LogP contribution is 2.34. The van der Waals surface area contributed by atoms with Crippen molar-refractivity contribution >= 4 is 11.9 Å². The van der Waals surface area contributed by atoms with Crippen molar-refractivity contribution in [2.24, 2.45) is 0 Å². The Hall–Kier alpha value is -3.58. The molecular formula is C21H21F3N6O4. The van der Waals surface area contributed by atoms with Gasteiger partial charge in [0.2, 0.25) is 11.5 Å². The minimum atomic E-state index is -4.53. The number of aromatic nitrogens is 4. The van der Waals surface area contributed by atoms with Crippen LogP contribution >= 0.6 is 0 Å². The van der Waals surface area contributed by atoms with E-state index in [0.717, 1.165) is 7.11 Å². The molecule has 2 N–H and O–H groups in total. The van der Waals surface area contributed by atoms with Crippen LogP contribution in [0.5, 0.6) is 0 Å². The standard InChI is InChI=1S/C21H21F3N6O4/c1-30-9-7-20(32,18(30)31)16-10-15(29-34-16)13-5-3-4-12(27-13)14-6-8-25-19(28-14)26-11-17(33-2)21(22,23)24/h3-6,8,10,17,32H,7,9,11H2,1-2H3,(H,25,26,28)/t17?,20-/m1/s1. The van der Waals surface area contributed by atoms with Crippen molar-refractivity contribution in [1.82, 2.24) is 25.0 Å². The zero-order valence-corrected chi connectivity index (χ0v) is 18.2. The third kappa shape index (κ3) is 4.56.